The molecule has 10 rings (SSSR count). The van der Waals surface area contributed by atoms with Crippen LogP contribution in [0.3, 0.4) is 0 Å². The molecule has 2 aliphatic heterocycles. The van der Waals surface area contributed by atoms with Crippen LogP contribution < -0.4 is 29.6 Å². The van der Waals surface area contributed by atoms with Gasteiger partial charge in [0.05, 0.1) is 37.9 Å². The molecule has 0 fully saturated rings. The number of anilines is 2. The summed E-state index contributed by atoms with van der Waals surface area (Å²) in [6.45, 7) is 0. The molecular formula is C46H34N6O2+2. The SMILES string of the molecule is CN1/C(=c2/[nH]c(-c3ccccc3-c3ccccc3)c3/c(=C4/C(=O)[n+]5ccccc5N4C)[nH]c(-c4ccccc4-c4ccccc4)c23)C(=O)[n+]2ccccc21. The standard InChI is InChI=1S/C46H32N6O2/c1-49-35-25-13-15-27-51(35)45(53)43(49)41-37-38(40(47-41)34-24-12-10-22-32(34)30-19-7-4-8-20-30)42(44-46(54)52-28-16-14-26-36(52)50(44)2)48-39(37)33-23-11-9-21-31(33)29-17-5-3-6-18-29/h3-28H,1-2H3/p+2. The van der Waals surface area contributed by atoms with Crippen molar-refractivity contribution in [3.8, 4) is 44.8 Å². The van der Waals surface area contributed by atoms with E-state index in [2.05, 4.69) is 58.5 Å². The smallest absolute Gasteiger partial charge is 0.350 e. The average molecular weight is 703 g/mol. The van der Waals surface area contributed by atoms with Crippen LogP contribution in [0.25, 0.3) is 66.9 Å². The molecule has 0 saturated carbocycles. The Morgan fingerprint density at radius 1 is 0.426 bits per heavy atom. The monoisotopic (exact) mass is 702 g/mol. The highest BCUT2D eigenvalue weighted by atomic mass is 16.2. The zero-order valence-electron chi connectivity index (χ0n) is 29.6. The molecule has 0 radical (unpaired) electrons. The summed E-state index contributed by atoms with van der Waals surface area (Å²) in [5.74, 6) is 1.24. The first-order valence-electron chi connectivity index (χ1n) is 17.9. The summed E-state index contributed by atoms with van der Waals surface area (Å²) in [4.78, 5) is 40.6. The van der Waals surface area contributed by atoms with Gasteiger partial charge in [-0.25, -0.2) is 19.4 Å². The maximum atomic E-state index is 14.5. The third-order valence-electron chi connectivity index (χ3n) is 10.7. The number of rotatable bonds is 4. The Bertz CT molecular complexity index is 2760. The largest absolute Gasteiger partial charge is 0.387 e. The molecule has 8 heteroatoms. The number of pyridine rings is 2. The minimum Gasteiger partial charge on any atom is -0.350 e. The number of hydrogen-bond acceptors (Lipinski definition) is 4. The normalized spacial score (nSPS) is 15.7. The Labute approximate surface area is 310 Å². The van der Waals surface area contributed by atoms with Crippen LogP contribution in [-0.4, -0.2) is 35.9 Å². The van der Waals surface area contributed by atoms with Crippen LogP contribution in [0.4, 0.5) is 11.6 Å². The molecule has 2 N–H and O–H groups in total. The van der Waals surface area contributed by atoms with E-state index in [9.17, 15) is 9.59 Å². The second kappa shape index (κ2) is 12.1. The first kappa shape index (κ1) is 31.4. The van der Waals surface area contributed by atoms with E-state index in [4.69, 9.17) is 0 Å². The van der Waals surface area contributed by atoms with Crippen molar-refractivity contribution < 1.29 is 18.7 Å². The molecule has 0 unspecified atom stereocenters. The van der Waals surface area contributed by atoms with Crippen LogP contribution in [-0.2, 0) is 0 Å². The van der Waals surface area contributed by atoms with Crippen molar-refractivity contribution in [2.75, 3.05) is 23.9 Å². The van der Waals surface area contributed by atoms with Gasteiger partial charge in [0.2, 0.25) is 11.4 Å². The van der Waals surface area contributed by atoms with Crippen LogP contribution in [0, 0.1) is 0 Å². The Morgan fingerprint density at radius 3 is 1.17 bits per heavy atom. The number of hydrogen-bond donors (Lipinski definition) is 2. The fourth-order valence-corrected chi connectivity index (χ4v) is 8.20. The first-order chi connectivity index (χ1) is 26.5. The van der Waals surface area contributed by atoms with Crippen LogP contribution >= 0.6 is 0 Å². The number of aromatic amines is 2. The van der Waals surface area contributed by atoms with Crippen molar-refractivity contribution >= 4 is 45.6 Å². The summed E-state index contributed by atoms with van der Waals surface area (Å²) in [6.07, 6.45) is 3.61. The number of carbonyl (C=O) groups is 2. The van der Waals surface area contributed by atoms with Crippen molar-refractivity contribution in [3.63, 3.8) is 0 Å². The van der Waals surface area contributed by atoms with Gasteiger partial charge in [-0.2, -0.15) is 9.13 Å². The molecule has 4 aromatic heterocycles. The molecule has 54 heavy (non-hydrogen) atoms. The van der Waals surface area contributed by atoms with Crippen molar-refractivity contribution in [1.82, 2.24) is 9.97 Å². The summed E-state index contributed by atoms with van der Waals surface area (Å²) in [6, 6.07) is 48.7. The number of likely N-dealkylation sites (N-methyl/N-ethyl adjacent to an activating group) is 2. The van der Waals surface area contributed by atoms with Crippen molar-refractivity contribution in [2.45, 2.75) is 0 Å². The highest BCUT2D eigenvalue weighted by Gasteiger charge is 2.43. The van der Waals surface area contributed by atoms with Crippen LogP contribution in [0.1, 0.15) is 9.59 Å². The van der Waals surface area contributed by atoms with E-state index in [1.807, 2.05) is 121 Å². The number of fused-ring (bicyclic) bond motifs is 3. The zero-order chi connectivity index (χ0) is 36.5. The third kappa shape index (κ3) is 4.56. The van der Waals surface area contributed by atoms with Crippen molar-refractivity contribution in [3.05, 3.63) is 169 Å². The number of benzene rings is 4. The minimum atomic E-state index is -0.145. The van der Waals surface area contributed by atoms with E-state index in [1.54, 1.807) is 21.5 Å². The van der Waals surface area contributed by atoms with Gasteiger partial charge in [0.15, 0.2) is 0 Å². The van der Waals surface area contributed by atoms with Gasteiger partial charge in [-0.15, -0.1) is 0 Å². The summed E-state index contributed by atoms with van der Waals surface area (Å²) < 4.78 is 3.36. The molecule has 0 saturated heterocycles. The minimum absolute atomic E-state index is 0.145. The molecule has 0 bridgehead atoms. The molecule has 258 valence electrons. The quantitative estimate of drug-likeness (QED) is 0.205. The van der Waals surface area contributed by atoms with Crippen molar-refractivity contribution in [1.29, 1.82) is 0 Å². The highest BCUT2D eigenvalue weighted by molar-refractivity contribution is 6.21. The molecule has 4 aromatic carbocycles. The zero-order valence-corrected chi connectivity index (χ0v) is 29.6. The second-order valence-corrected chi connectivity index (χ2v) is 13.6. The Balaban J connectivity index is 1.42. The van der Waals surface area contributed by atoms with E-state index < -0.39 is 0 Å². The number of aromatic nitrogens is 4. The van der Waals surface area contributed by atoms with E-state index in [0.29, 0.717) is 22.1 Å². The number of nitrogens with zero attached hydrogens (tertiary/aromatic N) is 4. The molecular weight excluding hydrogens is 669 g/mol. The molecule has 0 aliphatic carbocycles. The molecule has 8 aromatic rings. The predicted molar refractivity (Wildman–Crippen MR) is 212 cm³/mol. The first-order valence-corrected chi connectivity index (χ1v) is 17.9. The van der Waals surface area contributed by atoms with Gasteiger partial charge < -0.3 is 9.97 Å². The average Bonchev–Trinajstić information content (AvgIpc) is 3.94. The van der Waals surface area contributed by atoms with Gasteiger partial charge in [-0.1, -0.05) is 121 Å². The predicted octanol–water partition coefficient (Wildman–Crippen LogP) is 6.54. The molecule has 0 spiro atoms. The van der Waals surface area contributed by atoms with Crippen molar-refractivity contribution in [2.24, 2.45) is 0 Å². The van der Waals surface area contributed by atoms with Crippen LogP contribution in [0.5, 0.6) is 0 Å². The molecule has 0 amide bonds. The fraction of sp³-hybridized carbons (Fsp3) is 0.0435. The molecule has 6 heterocycles. The van der Waals surface area contributed by atoms with Crippen LogP contribution in [0.15, 0.2) is 158 Å². The summed E-state index contributed by atoms with van der Waals surface area (Å²) >= 11 is 0. The van der Waals surface area contributed by atoms with Gasteiger partial charge in [0.1, 0.15) is 10.7 Å². The van der Waals surface area contributed by atoms with Gasteiger partial charge >= 0.3 is 11.8 Å². The Kier molecular flexibility index (Phi) is 7.06. The lowest BCUT2D eigenvalue weighted by atomic mass is 9.95. The van der Waals surface area contributed by atoms with Gasteiger partial charge in [-0.3, -0.25) is 0 Å². The Hall–Kier alpha value is -7.32. The Morgan fingerprint density at radius 2 is 0.778 bits per heavy atom. The van der Waals surface area contributed by atoms with E-state index in [-0.39, 0.29) is 11.8 Å². The summed E-state index contributed by atoms with van der Waals surface area (Å²) in [5.41, 5.74) is 8.66. The lowest BCUT2D eigenvalue weighted by molar-refractivity contribution is -0.550. The fourth-order valence-electron chi connectivity index (χ4n) is 8.20. The maximum absolute atomic E-state index is 14.5. The number of nitrogens with one attached hydrogen (secondary N) is 2. The third-order valence-corrected chi connectivity index (χ3v) is 10.7. The number of H-pyrrole nitrogens is 2. The van der Waals surface area contributed by atoms with E-state index in [0.717, 1.165) is 67.2 Å². The van der Waals surface area contributed by atoms with Gasteiger partial charge in [-0.05, 0) is 34.4 Å². The topological polar surface area (TPSA) is 80.0 Å². The highest BCUT2D eigenvalue weighted by Crippen LogP contribution is 2.39. The van der Waals surface area contributed by atoms with Gasteiger partial charge in [0, 0.05) is 34.0 Å². The molecule has 2 aliphatic rings. The van der Waals surface area contributed by atoms with Crippen LogP contribution in [0.2, 0.25) is 0 Å². The van der Waals surface area contributed by atoms with E-state index >= 15 is 0 Å². The molecule has 8 nitrogen and oxygen atoms in total. The summed E-state index contributed by atoms with van der Waals surface area (Å²) in [7, 11) is 3.86. The van der Waals surface area contributed by atoms with E-state index in [1.165, 1.54) is 0 Å². The summed E-state index contributed by atoms with van der Waals surface area (Å²) in [5, 5.41) is 2.98. The number of carbonyl (C=O) groups excluding carboxylic acids is 2. The lowest BCUT2D eigenvalue weighted by Gasteiger charge is -2.10. The maximum Gasteiger partial charge on any atom is 0.387 e. The second-order valence-electron chi connectivity index (χ2n) is 13.6. The molecule has 0 atom stereocenters. The lowest BCUT2D eigenvalue weighted by Crippen LogP contribution is -2.38. The van der Waals surface area contributed by atoms with Gasteiger partial charge in [0.25, 0.3) is 11.6 Å².